The largest absolute Gasteiger partial charge is 0.322 e. The minimum absolute atomic E-state index is 0.113. The number of fused-ring (bicyclic) bond motifs is 1. The molecule has 1 amide bonds. The van der Waals surface area contributed by atoms with Crippen molar-refractivity contribution in [3.63, 3.8) is 0 Å². The molecule has 134 valence electrons. The van der Waals surface area contributed by atoms with E-state index in [0.29, 0.717) is 21.3 Å². The Bertz CT molecular complexity index is 1080. The maximum absolute atomic E-state index is 12.6. The van der Waals surface area contributed by atoms with Crippen LogP contribution in [0, 0.1) is 0 Å². The molecular weight excluding hydrogens is 381 g/mol. The van der Waals surface area contributed by atoms with Crippen LogP contribution in [0.4, 0.5) is 5.69 Å². The van der Waals surface area contributed by atoms with Gasteiger partial charge in [-0.25, -0.2) is 0 Å². The summed E-state index contributed by atoms with van der Waals surface area (Å²) < 4.78 is 0. The average Bonchev–Trinajstić information content (AvgIpc) is 3.03. The highest BCUT2D eigenvalue weighted by atomic mass is 35.5. The van der Waals surface area contributed by atoms with Crippen molar-refractivity contribution in [2.75, 3.05) is 5.32 Å². The van der Waals surface area contributed by atoms with Crippen molar-refractivity contribution in [1.29, 1.82) is 0 Å². The predicted molar refractivity (Wildman–Crippen MR) is 110 cm³/mol. The van der Waals surface area contributed by atoms with Crippen LogP contribution in [0.1, 0.15) is 34.5 Å². The highest BCUT2D eigenvalue weighted by Gasteiger charge is 2.19. The van der Waals surface area contributed by atoms with Crippen LogP contribution in [0.3, 0.4) is 0 Å². The number of benzene rings is 2. The van der Waals surface area contributed by atoms with Crippen LogP contribution in [-0.4, -0.2) is 17.1 Å². The second-order valence-corrected chi connectivity index (χ2v) is 7.15. The Labute approximate surface area is 166 Å². The predicted octanol–water partition coefficient (Wildman–Crippen LogP) is 5.80. The Hall–Kier alpha value is -2.69. The SMILES string of the molecule is C[C@H]1N=Cc2c(-c3cccc(NC(=O)c4ccc(Cl)cc4Cl)c3)cncc21. The van der Waals surface area contributed by atoms with E-state index < -0.39 is 0 Å². The number of rotatable bonds is 3. The molecule has 0 bridgehead atoms. The van der Waals surface area contributed by atoms with Gasteiger partial charge >= 0.3 is 0 Å². The van der Waals surface area contributed by atoms with Gasteiger partial charge in [-0.1, -0.05) is 35.3 Å². The van der Waals surface area contributed by atoms with Gasteiger partial charge in [0.15, 0.2) is 0 Å². The van der Waals surface area contributed by atoms with Crippen molar-refractivity contribution in [3.8, 4) is 11.1 Å². The monoisotopic (exact) mass is 395 g/mol. The Balaban J connectivity index is 1.64. The lowest BCUT2D eigenvalue weighted by Gasteiger charge is -2.11. The first-order valence-electron chi connectivity index (χ1n) is 8.41. The Kier molecular flexibility index (Phi) is 4.68. The molecule has 0 radical (unpaired) electrons. The molecule has 1 N–H and O–H groups in total. The van der Waals surface area contributed by atoms with E-state index in [0.717, 1.165) is 22.3 Å². The summed E-state index contributed by atoms with van der Waals surface area (Å²) in [6.45, 7) is 2.04. The molecule has 1 aromatic heterocycles. The first kappa shape index (κ1) is 17.7. The number of hydrogen-bond acceptors (Lipinski definition) is 3. The molecule has 27 heavy (non-hydrogen) atoms. The van der Waals surface area contributed by atoms with E-state index >= 15 is 0 Å². The molecule has 6 heteroatoms. The van der Waals surface area contributed by atoms with Crippen LogP contribution in [-0.2, 0) is 0 Å². The molecule has 0 saturated heterocycles. The second kappa shape index (κ2) is 7.14. The van der Waals surface area contributed by atoms with Crippen LogP contribution in [0.25, 0.3) is 11.1 Å². The highest BCUT2D eigenvalue weighted by Crippen LogP contribution is 2.33. The zero-order valence-corrected chi connectivity index (χ0v) is 15.9. The van der Waals surface area contributed by atoms with E-state index in [9.17, 15) is 4.79 Å². The summed E-state index contributed by atoms with van der Waals surface area (Å²) in [5, 5.41) is 3.68. The van der Waals surface area contributed by atoms with Crippen molar-refractivity contribution in [2.24, 2.45) is 4.99 Å². The fourth-order valence-corrected chi connectivity index (χ4v) is 3.59. The Morgan fingerprint density at radius 1 is 1.11 bits per heavy atom. The average molecular weight is 396 g/mol. The number of hydrogen-bond donors (Lipinski definition) is 1. The maximum Gasteiger partial charge on any atom is 0.257 e. The van der Waals surface area contributed by atoms with E-state index in [4.69, 9.17) is 23.2 Å². The molecule has 3 aromatic rings. The summed E-state index contributed by atoms with van der Waals surface area (Å²) in [7, 11) is 0. The summed E-state index contributed by atoms with van der Waals surface area (Å²) in [5.74, 6) is -0.291. The first-order valence-corrected chi connectivity index (χ1v) is 9.16. The number of nitrogens with one attached hydrogen (secondary N) is 1. The molecule has 1 aliphatic heterocycles. The minimum Gasteiger partial charge on any atom is -0.322 e. The third-order valence-corrected chi connectivity index (χ3v) is 5.05. The van der Waals surface area contributed by atoms with E-state index in [2.05, 4.69) is 15.3 Å². The number of pyridine rings is 1. The van der Waals surface area contributed by atoms with Crippen molar-refractivity contribution >= 4 is 41.0 Å². The fourth-order valence-electron chi connectivity index (χ4n) is 3.10. The van der Waals surface area contributed by atoms with Gasteiger partial charge in [0, 0.05) is 46.0 Å². The lowest BCUT2D eigenvalue weighted by molar-refractivity contribution is 0.102. The van der Waals surface area contributed by atoms with Crippen LogP contribution in [0.15, 0.2) is 59.9 Å². The van der Waals surface area contributed by atoms with E-state index in [1.807, 2.05) is 49.8 Å². The molecule has 2 heterocycles. The van der Waals surface area contributed by atoms with Crippen LogP contribution < -0.4 is 5.32 Å². The van der Waals surface area contributed by atoms with Crippen molar-refractivity contribution in [1.82, 2.24) is 4.98 Å². The Morgan fingerprint density at radius 3 is 2.78 bits per heavy atom. The van der Waals surface area contributed by atoms with Gasteiger partial charge in [-0.15, -0.1) is 0 Å². The van der Waals surface area contributed by atoms with Crippen molar-refractivity contribution in [3.05, 3.63) is 81.6 Å². The summed E-state index contributed by atoms with van der Waals surface area (Å²) in [5.41, 5.74) is 5.16. The molecule has 4 rings (SSSR count). The molecular formula is C21H15Cl2N3O. The maximum atomic E-state index is 12.6. The molecule has 4 nitrogen and oxygen atoms in total. The molecule has 0 aliphatic carbocycles. The summed E-state index contributed by atoms with van der Waals surface area (Å²) in [6, 6.07) is 12.5. The van der Waals surface area contributed by atoms with Gasteiger partial charge in [-0.3, -0.25) is 14.8 Å². The number of carbonyl (C=O) groups is 1. The van der Waals surface area contributed by atoms with Crippen LogP contribution >= 0.6 is 23.2 Å². The van der Waals surface area contributed by atoms with E-state index in [1.54, 1.807) is 18.2 Å². The number of carbonyl (C=O) groups excluding carboxylic acids is 1. The summed E-state index contributed by atoms with van der Waals surface area (Å²) in [6.07, 6.45) is 5.56. The third kappa shape index (κ3) is 3.46. The molecule has 0 saturated carbocycles. The molecule has 0 unspecified atom stereocenters. The summed E-state index contributed by atoms with van der Waals surface area (Å²) in [4.78, 5) is 21.4. The van der Waals surface area contributed by atoms with Crippen molar-refractivity contribution in [2.45, 2.75) is 13.0 Å². The number of anilines is 1. The Morgan fingerprint density at radius 2 is 1.96 bits per heavy atom. The van der Waals surface area contributed by atoms with Crippen LogP contribution in [0.5, 0.6) is 0 Å². The van der Waals surface area contributed by atoms with E-state index in [-0.39, 0.29) is 11.9 Å². The fraction of sp³-hybridized carbons (Fsp3) is 0.0952. The number of amides is 1. The standard InChI is InChI=1S/C21H15Cl2N3O/c1-12-17-9-24-10-18(19(17)11-25-12)13-3-2-4-15(7-13)26-21(27)16-6-5-14(22)8-20(16)23/h2-12H,1H3,(H,26,27)/t12-/m1/s1. The molecule has 0 fully saturated rings. The van der Waals surface area contributed by atoms with Gasteiger partial charge in [0.05, 0.1) is 16.6 Å². The highest BCUT2D eigenvalue weighted by molar-refractivity contribution is 6.37. The van der Waals surface area contributed by atoms with Gasteiger partial charge in [-0.2, -0.15) is 0 Å². The van der Waals surface area contributed by atoms with Crippen molar-refractivity contribution < 1.29 is 4.79 Å². The molecule has 1 atom stereocenters. The number of aromatic nitrogens is 1. The van der Waals surface area contributed by atoms with Gasteiger partial charge < -0.3 is 5.32 Å². The number of halogens is 2. The van der Waals surface area contributed by atoms with Gasteiger partial charge in [0.1, 0.15) is 0 Å². The lowest BCUT2D eigenvalue weighted by atomic mass is 9.98. The first-order chi connectivity index (χ1) is 13.0. The normalized spacial score (nSPS) is 14.9. The van der Waals surface area contributed by atoms with Gasteiger partial charge in [-0.05, 0) is 42.8 Å². The van der Waals surface area contributed by atoms with Gasteiger partial charge in [0.2, 0.25) is 0 Å². The third-order valence-electron chi connectivity index (χ3n) is 4.50. The summed E-state index contributed by atoms with van der Waals surface area (Å²) >= 11 is 12.0. The second-order valence-electron chi connectivity index (χ2n) is 6.30. The lowest BCUT2D eigenvalue weighted by Crippen LogP contribution is -2.12. The molecule has 2 aromatic carbocycles. The molecule has 0 spiro atoms. The topological polar surface area (TPSA) is 54.4 Å². The zero-order valence-electron chi connectivity index (χ0n) is 14.4. The smallest absolute Gasteiger partial charge is 0.257 e. The quantitative estimate of drug-likeness (QED) is 0.608. The molecule has 1 aliphatic rings. The van der Waals surface area contributed by atoms with E-state index in [1.165, 1.54) is 0 Å². The van der Waals surface area contributed by atoms with Crippen LogP contribution in [0.2, 0.25) is 10.0 Å². The van der Waals surface area contributed by atoms with Gasteiger partial charge in [0.25, 0.3) is 5.91 Å². The number of aliphatic imine (C=N–C) groups is 1. The number of nitrogens with zero attached hydrogens (tertiary/aromatic N) is 2. The minimum atomic E-state index is -0.291. The zero-order chi connectivity index (χ0) is 19.0.